The van der Waals surface area contributed by atoms with Crippen LogP contribution in [0.3, 0.4) is 0 Å². The van der Waals surface area contributed by atoms with E-state index in [0.717, 1.165) is 41.8 Å². The molecule has 0 spiro atoms. The summed E-state index contributed by atoms with van der Waals surface area (Å²) in [7, 11) is -3.53. The van der Waals surface area contributed by atoms with E-state index in [9.17, 15) is 8.42 Å². The van der Waals surface area contributed by atoms with E-state index in [1.807, 2.05) is 19.1 Å². The van der Waals surface area contributed by atoms with Crippen LogP contribution in [-0.2, 0) is 22.8 Å². The molecule has 0 amide bonds. The number of aryl methyl sites for hydroxylation is 1. The van der Waals surface area contributed by atoms with Crippen LogP contribution in [0.25, 0.3) is 11.0 Å². The number of hydrogen-bond acceptors (Lipinski definition) is 4. The molecule has 5 heteroatoms. The van der Waals surface area contributed by atoms with Crippen LogP contribution in [0.4, 0.5) is 0 Å². The Balaban J connectivity index is 1.86. The molecule has 1 aromatic heterocycles. The molecule has 0 aliphatic carbocycles. The SMILES string of the molecule is Cc1cccc(S(=O)(=O)c2ccc3c4c(oc3c2)CCNC4)c1. The molecule has 0 fully saturated rings. The number of benzene rings is 2. The average molecular weight is 327 g/mol. The van der Waals surface area contributed by atoms with Gasteiger partial charge in [0.2, 0.25) is 9.84 Å². The van der Waals surface area contributed by atoms with Crippen LogP contribution < -0.4 is 5.32 Å². The van der Waals surface area contributed by atoms with Gasteiger partial charge in [-0.05, 0) is 36.8 Å². The van der Waals surface area contributed by atoms with Crippen LogP contribution in [0.2, 0.25) is 0 Å². The second-order valence-electron chi connectivity index (χ2n) is 5.91. The molecule has 4 nitrogen and oxygen atoms in total. The van der Waals surface area contributed by atoms with E-state index in [0.29, 0.717) is 10.5 Å². The van der Waals surface area contributed by atoms with Gasteiger partial charge in [0.15, 0.2) is 0 Å². The average Bonchev–Trinajstić information content (AvgIpc) is 2.92. The van der Waals surface area contributed by atoms with Crippen LogP contribution in [0.1, 0.15) is 16.9 Å². The highest BCUT2D eigenvalue weighted by molar-refractivity contribution is 7.91. The van der Waals surface area contributed by atoms with Crippen molar-refractivity contribution in [2.45, 2.75) is 29.7 Å². The van der Waals surface area contributed by atoms with E-state index >= 15 is 0 Å². The number of furan rings is 1. The Labute approximate surface area is 135 Å². The predicted molar refractivity (Wildman–Crippen MR) is 88.3 cm³/mol. The minimum absolute atomic E-state index is 0.273. The van der Waals surface area contributed by atoms with Gasteiger partial charge in [0.1, 0.15) is 11.3 Å². The maximum atomic E-state index is 12.8. The lowest BCUT2D eigenvalue weighted by atomic mass is 10.1. The van der Waals surface area contributed by atoms with Crippen LogP contribution in [0.5, 0.6) is 0 Å². The highest BCUT2D eigenvalue weighted by Crippen LogP contribution is 2.31. The first-order chi connectivity index (χ1) is 11.1. The lowest BCUT2D eigenvalue weighted by Crippen LogP contribution is -2.22. The monoisotopic (exact) mass is 327 g/mol. The first kappa shape index (κ1) is 14.5. The minimum Gasteiger partial charge on any atom is -0.461 e. The Bertz CT molecular complexity index is 1000. The van der Waals surface area contributed by atoms with Gasteiger partial charge >= 0.3 is 0 Å². The van der Waals surface area contributed by atoms with Crippen LogP contribution in [0, 0.1) is 6.92 Å². The zero-order valence-corrected chi connectivity index (χ0v) is 13.6. The van der Waals surface area contributed by atoms with Crippen molar-refractivity contribution >= 4 is 20.8 Å². The van der Waals surface area contributed by atoms with Gasteiger partial charge < -0.3 is 9.73 Å². The lowest BCUT2D eigenvalue weighted by molar-refractivity contribution is 0.500. The van der Waals surface area contributed by atoms with E-state index < -0.39 is 9.84 Å². The summed E-state index contributed by atoms with van der Waals surface area (Å²) >= 11 is 0. The molecule has 0 bridgehead atoms. The molecule has 4 rings (SSSR count). The van der Waals surface area contributed by atoms with Crippen molar-refractivity contribution in [2.24, 2.45) is 0 Å². The number of hydrogen-bond donors (Lipinski definition) is 1. The van der Waals surface area contributed by atoms with Crippen LogP contribution >= 0.6 is 0 Å². The van der Waals surface area contributed by atoms with E-state index in [1.54, 1.807) is 30.3 Å². The summed E-state index contributed by atoms with van der Waals surface area (Å²) in [5, 5.41) is 4.31. The normalized spacial score (nSPS) is 14.8. The summed E-state index contributed by atoms with van der Waals surface area (Å²) in [5.74, 6) is 0.962. The van der Waals surface area contributed by atoms with Crippen LogP contribution in [-0.4, -0.2) is 15.0 Å². The van der Waals surface area contributed by atoms with E-state index in [-0.39, 0.29) is 4.90 Å². The zero-order chi connectivity index (χ0) is 16.0. The number of fused-ring (bicyclic) bond motifs is 3. The van der Waals surface area contributed by atoms with Gasteiger partial charge in [-0.25, -0.2) is 8.42 Å². The fourth-order valence-corrected chi connectivity index (χ4v) is 4.46. The van der Waals surface area contributed by atoms with Crippen molar-refractivity contribution in [3.05, 3.63) is 59.4 Å². The maximum Gasteiger partial charge on any atom is 0.206 e. The smallest absolute Gasteiger partial charge is 0.206 e. The predicted octanol–water partition coefficient (Wildman–Crippen LogP) is 3.22. The molecule has 2 heterocycles. The first-order valence-corrected chi connectivity index (χ1v) is 9.11. The van der Waals surface area contributed by atoms with Crippen molar-refractivity contribution in [2.75, 3.05) is 6.54 Å². The molecule has 0 saturated carbocycles. The molecule has 1 N–H and O–H groups in total. The van der Waals surface area contributed by atoms with Gasteiger partial charge in [0, 0.05) is 36.5 Å². The summed E-state index contributed by atoms with van der Waals surface area (Å²) < 4.78 is 31.5. The Morgan fingerprint density at radius 1 is 1.09 bits per heavy atom. The largest absolute Gasteiger partial charge is 0.461 e. The third kappa shape index (κ3) is 2.36. The first-order valence-electron chi connectivity index (χ1n) is 7.62. The van der Waals surface area contributed by atoms with Gasteiger partial charge in [-0.3, -0.25) is 0 Å². The Kier molecular flexibility index (Phi) is 3.28. The topological polar surface area (TPSA) is 59.3 Å². The summed E-state index contributed by atoms with van der Waals surface area (Å²) in [6.07, 6.45) is 0.837. The molecule has 0 unspecified atom stereocenters. The van der Waals surface area contributed by atoms with E-state index in [4.69, 9.17) is 4.42 Å². The fourth-order valence-electron chi connectivity index (χ4n) is 3.08. The number of nitrogens with one attached hydrogen (secondary N) is 1. The van der Waals surface area contributed by atoms with Gasteiger partial charge in [0.05, 0.1) is 9.79 Å². The number of rotatable bonds is 2. The van der Waals surface area contributed by atoms with Crippen molar-refractivity contribution in [1.29, 1.82) is 0 Å². The Morgan fingerprint density at radius 2 is 1.91 bits per heavy atom. The van der Waals surface area contributed by atoms with Crippen LogP contribution in [0.15, 0.2) is 56.7 Å². The third-order valence-corrected chi connectivity index (χ3v) is 6.04. The summed E-state index contributed by atoms with van der Waals surface area (Å²) in [6.45, 7) is 3.55. The second-order valence-corrected chi connectivity index (χ2v) is 7.86. The zero-order valence-electron chi connectivity index (χ0n) is 12.8. The van der Waals surface area contributed by atoms with Crippen molar-refractivity contribution in [3.8, 4) is 0 Å². The number of sulfone groups is 1. The molecule has 2 aromatic carbocycles. The summed E-state index contributed by atoms with van der Waals surface area (Å²) in [4.78, 5) is 0.587. The third-order valence-electron chi connectivity index (χ3n) is 4.29. The highest BCUT2D eigenvalue weighted by Gasteiger charge is 2.22. The van der Waals surface area contributed by atoms with Gasteiger partial charge in [-0.1, -0.05) is 12.1 Å². The summed E-state index contributed by atoms with van der Waals surface area (Å²) in [6, 6.07) is 12.1. The Hall–Kier alpha value is -2.11. The molecule has 0 radical (unpaired) electrons. The second kappa shape index (κ2) is 5.22. The molecule has 1 aliphatic heterocycles. The van der Waals surface area contributed by atoms with Gasteiger partial charge in [-0.2, -0.15) is 0 Å². The Morgan fingerprint density at radius 3 is 2.74 bits per heavy atom. The molecule has 0 saturated heterocycles. The molecule has 3 aromatic rings. The minimum atomic E-state index is -3.53. The van der Waals surface area contributed by atoms with Crippen molar-refractivity contribution < 1.29 is 12.8 Å². The van der Waals surface area contributed by atoms with Gasteiger partial charge in [-0.15, -0.1) is 0 Å². The fraction of sp³-hybridized carbons (Fsp3) is 0.222. The molecule has 118 valence electrons. The van der Waals surface area contributed by atoms with Gasteiger partial charge in [0.25, 0.3) is 0 Å². The molecule has 23 heavy (non-hydrogen) atoms. The quantitative estimate of drug-likeness (QED) is 0.785. The van der Waals surface area contributed by atoms with E-state index in [2.05, 4.69) is 5.32 Å². The van der Waals surface area contributed by atoms with Crippen molar-refractivity contribution in [3.63, 3.8) is 0 Å². The molecule has 1 aliphatic rings. The van der Waals surface area contributed by atoms with E-state index in [1.165, 1.54) is 0 Å². The molecule has 0 atom stereocenters. The summed E-state index contributed by atoms with van der Waals surface area (Å²) in [5.41, 5.74) is 2.71. The van der Waals surface area contributed by atoms with Crippen molar-refractivity contribution in [1.82, 2.24) is 5.32 Å². The highest BCUT2D eigenvalue weighted by atomic mass is 32.2. The molecular formula is C18H17NO3S. The standard InChI is InChI=1S/C18H17NO3S/c1-12-3-2-4-13(9-12)23(20,21)14-5-6-15-16-11-19-8-7-17(16)22-18(15)10-14/h2-6,9-10,19H,7-8,11H2,1H3. The lowest BCUT2D eigenvalue weighted by Gasteiger charge is -2.10. The molecular weight excluding hydrogens is 310 g/mol. The maximum absolute atomic E-state index is 12.8.